The molecule has 5 atom stereocenters. The molecule has 2 aliphatic heterocycles. The highest BCUT2D eigenvalue weighted by atomic mass is 16.6. The molecule has 2 aliphatic carbocycles. The standard InChI is InChI=1S/C35H51N5O4/c1-23-16-24-18-25(17-23)20-28(19-24)39-26-8-6-9-27(39)22-29(21-26)40-32-11-5-4-10-30(32)36-34(35(40)43)31(12-13-33(41)42)37-44-15-7-14-38(2)3/h4-5,10-11,23-29H,6-9,12-22H2,1-3H3,(H,41,42)/b37-31+/t23?,24?,25?,26-,27+,28?,29?. The van der Waals surface area contributed by atoms with E-state index in [2.05, 4.69) is 21.9 Å². The van der Waals surface area contributed by atoms with Crippen molar-refractivity contribution in [2.45, 2.75) is 115 Å². The third-order valence-corrected chi connectivity index (χ3v) is 10.8. The molecule has 9 nitrogen and oxygen atoms in total. The summed E-state index contributed by atoms with van der Waals surface area (Å²) in [6, 6.07) is 9.62. The summed E-state index contributed by atoms with van der Waals surface area (Å²) in [6.45, 7) is 3.68. The van der Waals surface area contributed by atoms with Crippen LogP contribution >= 0.6 is 0 Å². The fourth-order valence-corrected chi connectivity index (χ4v) is 9.29. The Balaban J connectivity index is 1.30. The molecular weight excluding hydrogens is 554 g/mol. The number of hydrogen-bond acceptors (Lipinski definition) is 7. The van der Waals surface area contributed by atoms with Gasteiger partial charge in [-0.05, 0) is 108 Å². The van der Waals surface area contributed by atoms with Gasteiger partial charge in [0.05, 0.1) is 17.5 Å². The minimum Gasteiger partial charge on any atom is -0.481 e. The van der Waals surface area contributed by atoms with Crippen LogP contribution in [0.4, 0.5) is 0 Å². The summed E-state index contributed by atoms with van der Waals surface area (Å²) < 4.78 is 1.99. The Kier molecular flexibility index (Phi) is 9.71. The molecule has 0 radical (unpaired) electrons. The molecule has 44 heavy (non-hydrogen) atoms. The quantitative estimate of drug-likeness (QED) is 0.199. The highest BCUT2D eigenvalue weighted by molar-refractivity contribution is 6.00. The Labute approximate surface area is 261 Å². The van der Waals surface area contributed by atoms with Crippen LogP contribution in [0.5, 0.6) is 0 Å². The lowest BCUT2D eigenvalue weighted by molar-refractivity contribution is -0.136. The van der Waals surface area contributed by atoms with Crippen LogP contribution in [0, 0.1) is 17.8 Å². The van der Waals surface area contributed by atoms with Gasteiger partial charge in [0.25, 0.3) is 5.56 Å². The maximum Gasteiger partial charge on any atom is 0.303 e. The van der Waals surface area contributed by atoms with Gasteiger partial charge in [0.15, 0.2) is 5.69 Å². The molecule has 3 unspecified atom stereocenters. The van der Waals surface area contributed by atoms with E-state index >= 15 is 0 Å². The normalized spacial score (nSPS) is 30.9. The minimum absolute atomic E-state index is 0.0746. The first-order valence-electron chi connectivity index (χ1n) is 17.1. The van der Waals surface area contributed by atoms with Gasteiger partial charge in [0.2, 0.25) is 0 Å². The first-order valence-corrected chi connectivity index (χ1v) is 17.1. The number of benzene rings is 1. The molecule has 0 spiro atoms. The van der Waals surface area contributed by atoms with E-state index in [4.69, 9.17) is 9.82 Å². The summed E-state index contributed by atoms with van der Waals surface area (Å²) in [7, 11) is 4.00. The molecular formula is C35H51N5O4. The van der Waals surface area contributed by atoms with Gasteiger partial charge in [-0.3, -0.25) is 14.5 Å². The second-order valence-corrected chi connectivity index (χ2v) is 14.5. The van der Waals surface area contributed by atoms with Crippen molar-refractivity contribution in [3.05, 3.63) is 40.3 Å². The van der Waals surface area contributed by atoms with Crippen LogP contribution in [0.15, 0.2) is 34.2 Å². The summed E-state index contributed by atoms with van der Waals surface area (Å²) in [6.07, 6.45) is 13.2. The highest BCUT2D eigenvalue weighted by Crippen LogP contribution is 2.48. The smallest absolute Gasteiger partial charge is 0.303 e. The van der Waals surface area contributed by atoms with Gasteiger partial charge in [-0.15, -0.1) is 0 Å². The molecule has 1 aromatic heterocycles. The monoisotopic (exact) mass is 605 g/mol. The molecule has 2 aromatic rings. The van der Waals surface area contributed by atoms with Crippen molar-refractivity contribution in [2.75, 3.05) is 27.2 Å². The Morgan fingerprint density at radius 1 is 0.977 bits per heavy atom. The van der Waals surface area contributed by atoms with Gasteiger partial charge in [-0.1, -0.05) is 30.6 Å². The third kappa shape index (κ3) is 6.89. The fourth-order valence-electron chi connectivity index (χ4n) is 9.29. The highest BCUT2D eigenvalue weighted by Gasteiger charge is 2.46. The van der Waals surface area contributed by atoms with Gasteiger partial charge in [-0.25, -0.2) is 4.98 Å². The van der Waals surface area contributed by atoms with Crippen molar-refractivity contribution in [3.8, 4) is 0 Å². The van der Waals surface area contributed by atoms with Crippen molar-refractivity contribution in [2.24, 2.45) is 22.9 Å². The molecule has 4 aliphatic rings. The third-order valence-electron chi connectivity index (χ3n) is 10.8. The van der Waals surface area contributed by atoms with Crippen molar-refractivity contribution >= 4 is 22.7 Å². The fraction of sp³-hybridized carbons (Fsp3) is 0.714. The molecule has 6 rings (SSSR count). The van der Waals surface area contributed by atoms with Gasteiger partial charge in [0, 0.05) is 37.1 Å². The molecule has 4 fully saturated rings. The Bertz CT molecular complexity index is 1370. The number of nitrogens with zero attached hydrogens (tertiary/aromatic N) is 5. The molecule has 2 saturated carbocycles. The van der Waals surface area contributed by atoms with Crippen molar-refractivity contribution in [1.29, 1.82) is 0 Å². The predicted octanol–water partition coefficient (Wildman–Crippen LogP) is 5.71. The van der Waals surface area contributed by atoms with Gasteiger partial charge in [0.1, 0.15) is 12.3 Å². The maximum absolute atomic E-state index is 14.4. The van der Waals surface area contributed by atoms with Gasteiger partial charge >= 0.3 is 5.97 Å². The molecule has 9 heteroatoms. The van der Waals surface area contributed by atoms with Crippen LogP contribution in [0.25, 0.3) is 11.0 Å². The number of oxime groups is 1. The zero-order chi connectivity index (χ0) is 30.8. The molecule has 3 heterocycles. The number of fused-ring (bicyclic) bond motifs is 5. The number of carboxylic acid groups (broad SMARTS) is 1. The van der Waals surface area contributed by atoms with E-state index in [1.807, 2.05) is 42.9 Å². The lowest BCUT2D eigenvalue weighted by Crippen LogP contribution is -2.59. The summed E-state index contributed by atoms with van der Waals surface area (Å²) >= 11 is 0. The van der Waals surface area contributed by atoms with Crippen LogP contribution in [-0.2, 0) is 9.63 Å². The van der Waals surface area contributed by atoms with Crippen molar-refractivity contribution < 1.29 is 14.7 Å². The Morgan fingerprint density at radius 3 is 2.36 bits per heavy atom. The predicted molar refractivity (Wildman–Crippen MR) is 173 cm³/mol. The number of rotatable bonds is 11. The maximum atomic E-state index is 14.4. The largest absolute Gasteiger partial charge is 0.481 e. The molecule has 1 aromatic carbocycles. The Morgan fingerprint density at radius 2 is 1.68 bits per heavy atom. The lowest BCUT2D eigenvalue weighted by Gasteiger charge is -2.55. The average Bonchev–Trinajstić information content (AvgIpc) is 2.97. The number of aliphatic carboxylic acids is 1. The Hall–Kier alpha value is -2.78. The number of carbonyl (C=O) groups is 1. The molecule has 1 N–H and O–H groups in total. The first kappa shape index (κ1) is 31.2. The topological polar surface area (TPSA) is 100 Å². The first-order chi connectivity index (χ1) is 21.3. The van der Waals surface area contributed by atoms with E-state index < -0.39 is 5.97 Å². The molecule has 0 amide bonds. The number of piperidine rings is 2. The summed E-state index contributed by atoms with van der Waals surface area (Å²) in [4.78, 5) is 41.4. The van der Waals surface area contributed by atoms with Gasteiger partial charge in [-0.2, -0.15) is 0 Å². The van der Waals surface area contributed by atoms with Crippen molar-refractivity contribution in [1.82, 2.24) is 19.4 Å². The second kappa shape index (κ2) is 13.7. The van der Waals surface area contributed by atoms with E-state index in [1.54, 1.807) is 0 Å². The van der Waals surface area contributed by atoms with E-state index in [1.165, 1.54) is 51.4 Å². The SMILES string of the molecule is CC1CC2CC(C1)CC(N1[C@@H]3CCC[C@H]1CC(n1c(=O)c(/C(CCC(=O)O)=N/OCCCN(C)C)nc4ccccc41)C3)C2. The van der Waals surface area contributed by atoms with Crippen LogP contribution in [0.1, 0.15) is 102 Å². The lowest BCUT2D eigenvalue weighted by atomic mass is 9.65. The number of aromatic nitrogens is 2. The van der Waals surface area contributed by atoms with E-state index in [9.17, 15) is 14.7 Å². The van der Waals surface area contributed by atoms with Crippen molar-refractivity contribution in [3.63, 3.8) is 0 Å². The summed E-state index contributed by atoms with van der Waals surface area (Å²) in [5.41, 5.74) is 1.95. The van der Waals surface area contributed by atoms with Crippen LogP contribution in [0.3, 0.4) is 0 Å². The van der Waals surface area contributed by atoms with E-state index in [-0.39, 0.29) is 30.1 Å². The summed E-state index contributed by atoms with van der Waals surface area (Å²) in [5, 5.41) is 13.8. The molecule has 2 saturated heterocycles. The number of carboxylic acids is 1. The number of hydrogen-bond donors (Lipinski definition) is 1. The molecule has 4 bridgehead atoms. The van der Waals surface area contributed by atoms with Crippen LogP contribution in [0.2, 0.25) is 0 Å². The second-order valence-electron chi connectivity index (χ2n) is 14.5. The van der Waals surface area contributed by atoms with Gasteiger partial charge < -0.3 is 19.4 Å². The zero-order valence-electron chi connectivity index (χ0n) is 26.9. The average molecular weight is 606 g/mol. The minimum atomic E-state index is -0.937. The van der Waals surface area contributed by atoms with Crippen LogP contribution < -0.4 is 5.56 Å². The molecule has 240 valence electrons. The summed E-state index contributed by atoms with van der Waals surface area (Å²) in [5.74, 6) is 1.69. The number of para-hydroxylation sites is 2. The van der Waals surface area contributed by atoms with E-state index in [0.29, 0.717) is 30.4 Å². The van der Waals surface area contributed by atoms with E-state index in [0.717, 1.165) is 54.6 Å². The van der Waals surface area contributed by atoms with Crippen LogP contribution in [-0.4, -0.2) is 81.5 Å². The zero-order valence-corrected chi connectivity index (χ0v) is 26.9.